The molecule has 3 aromatic rings. The smallest absolute Gasteiger partial charge is 0.127 e. The largest absolute Gasteiger partial charge is 0.323 e. The first-order valence-electron chi connectivity index (χ1n) is 7.22. The Balaban J connectivity index is 2.12. The number of thiophene rings is 1. The van der Waals surface area contributed by atoms with Gasteiger partial charge < -0.3 is 4.57 Å². The molecule has 2 heterocycles. The normalized spacial score (nSPS) is 14.5. The second-order valence-electron chi connectivity index (χ2n) is 5.53. The Kier molecular flexibility index (Phi) is 4.05. The molecule has 0 fully saturated rings. The zero-order chi connectivity index (χ0) is 15.0. The van der Waals surface area contributed by atoms with E-state index in [9.17, 15) is 0 Å². The van der Waals surface area contributed by atoms with Crippen LogP contribution in [0.15, 0.2) is 35.7 Å². The standard InChI is InChI=1S/C17H19ClN2S/c1-11-6-4-8-15-16(11)20(17(19-15)13(3)18)12(2)10-14-7-5-9-21-14/h4-9,12-13H,10H2,1-3H3. The number of imidazole rings is 1. The van der Waals surface area contributed by atoms with E-state index in [1.807, 2.05) is 6.92 Å². The number of hydrogen-bond donors (Lipinski definition) is 0. The molecule has 0 spiro atoms. The summed E-state index contributed by atoms with van der Waals surface area (Å²) in [4.78, 5) is 6.15. The van der Waals surface area contributed by atoms with Crippen LogP contribution >= 0.6 is 22.9 Å². The Morgan fingerprint density at radius 1 is 1.24 bits per heavy atom. The predicted octanol–water partition coefficient (Wildman–Crippen LogP) is 5.51. The molecule has 0 aliphatic rings. The van der Waals surface area contributed by atoms with Crippen molar-refractivity contribution in [2.75, 3.05) is 0 Å². The number of nitrogens with zero attached hydrogens (tertiary/aromatic N) is 2. The molecule has 2 aromatic heterocycles. The quantitative estimate of drug-likeness (QED) is 0.580. The molecule has 1 aromatic carbocycles. The van der Waals surface area contributed by atoms with Crippen LogP contribution in [-0.4, -0.2) is 9.55 Å². The van der Waals surface area contributed by atoms with Gasteiger partial charge in [-0.3, -0.25) is 0 Å². The minimum absolute atomic E-state index is 0.0948. The SMILES string of the molecule is Cc1cccc2nc(C(C)Cl)n(C(C)Cc3cccs3)c12. The van der Waals surface area contributed by atoms with Gasteiger partial charge in [0, 0.05) is 17.3 Å². The van der Waals surface area contributed by atoms with Crippen LogP contribution in [-0.2, 0) is 6.42 Å². The highest BCUT2D eigenvalue weighted by Crippen LogP contribution is 2.31. The highest BCUT2D eigenvalue weighted by atomic mass is 35.5. The van der Waals surface area contributed by atoms with Crippen LogP contribution < -0.4 is 0 Å². The lowest BCUT2D eigenvalue weighted by atomic mass is 10.1. The third-order valence-corrected chi connectivity index (χ3v) is 4.91. The van der Waals surface area contributed by atoms with Crippen molar-refractivity contribution in [3.05, 3.63) is 52.0 Å². The minimum Gasteiger partial charge on any atom is -0.323 e. The van der Waals surface area contributed by atoms with E-state index in [-0.39, 0.29) is 5.38 Å². The Labute approximate surface area is 134 Å². The van der Waals surface area contributed by atoms with Crippen LogP contribution in [0, 0.1) is 6.92 Å². The van der Waals surface area contributed by atoms with Gasteiger partial charge in [-0.05, 0) is 43.8 Å². The lowest BCUT2D eigenvalue weighted by molar-refractivity contribution is 0.537. The number of rotatable bonds is 4. The van der Waals surface area contributed by atoms with Crippen molar-refractivity contribution in [1.82, 2.24) is 9.55 Å². The van der Waals surface area contributed by atoms with Gasteiger partial charge in [-0.25, -0.2) is 4.98 Å². The molecule has 0 saturated heterocycles. The molecule has 110 valence electrons. The van der Waals surface area contributed by atoms with Gasteiger partial charge in [0.1, 0.15) is 5.82 Å². The fraction of sp³-hybridized carbons (Fsp3) is 0.353. The van der Waals surface area contributed by atoms with Gasteiger partial charge >= 0.3 is 0 Å². The van der Waals surface area contributed by atoms with E-state index in [1.54, 1.807) is 11.3 Å². The molecular formula is C17H19ClN2S. The Hall–Kier alpha value is -1.32. The molecule has 2 atom stereocenters. The van der Waals surface area contributed by atoms with Gasteiger partial charge in [-0.1, -0.05) is 18.2 Å². The first-order chi connectivity index (χ1) is 10.1. The zero-order valence-electron chi connectivity index (χ0n) is 12.5. The van der Waals surface area contributed by atoms with E-state index in [0.29, 0.717) is 6.04 Å². The lowest BCUT2D eigenvalue weighted by Gasteiger charge is -2.19. The highest BCUT2D eigenvalue weighted by molar-refractivity contribution is 7.09. The molecule has 0 saturated carbocycles. The predicted molar refractivity (Wildman–Crippen MR) is 91.5 cm³/mol. The van der Waals surface area contributed by atoms with E-state index in [4.69, 9.17) is 16.6 Å². The van der Waals surface area contributed by atoms with Crippen LogP contribution in [0.25, 0.3) is 11.0 Å². The summed E-state index contributed by atoms with van der Waals surface area (Å²) in [6.07, 6.45) is 1.01. The highest BCUT2D eigenvalue weighted by Gasteiger charge is 2.20. The summed E-state index contributed by atoms with van der Waals surface area (Å²) in [7, 11) is 0. The molecule has 21 heavy (non-hydrogen) atoms. The van der Waals surface area contributed by atoms with Crippen molar-refractivity contribution in [3.8, 4) is 0 Å². The van der Waals surface area contributed by atoms with Crippen molar-refractivity contribution in [3.63, 3.8) is 0 Å². The molecule has 3 rings (SSSR count). The summed E-state index contributed by atoms with van der Waals surface area (Å²) in [5.74, 6) is 0.963. The number of para-hydroxylation sites is 1. The fourth-order valence-corrected chi connectivity index (χ4v) is 3.86. The van der Waals surface area contributed by atoms with Crippen molar-refractivity contribution < 1.29 is 0 Å². The Bertz CT molecular complexity index is 744. The average molecular weight is 319 g/mol. The second-order valence-corrected chi connectivity index (χ2v) is 7.22. The number of fused-ring (bicyclic) bond motifs is 1. The molecule has 0 aliphatic carbocycles. The molecule has 0 aliphatic heterocycles. The second kappa shape index (κ2) is 5.82. The van der Waals surface area contributed by atoms with E-state index in [2.05, 4.69) is 54.1 Å². The maximum atomic E-state index is 6.38. The van der Waals surface area contributed by atoms with Crippen molar-refractivity contribution in [1.29, 1.82) is 0 Å². The number of aromatic nitrogens is 2. The van der Waals surface area contributed by atoms with Gasteiger partial charge in [0.05, 0.1) is 16.4 Å². The summed E-state index contributed by atoms with van der Waals surface area (Å²) in [5, 5.41) is 2.03. The Morgan fingerprint density at radius 2 is 2.05 bits per heavy atom. The first kappa shape index (κ1) is 14.6. The summed E-state index contributed by atoms with van der Waals surface area (Å²) >= 11 is 8.18. The molecule has 0 N–H and O–H groups in total. The fourth-order valence-electron chi connectivity index (χ4n) is 2.88. The Morgan fingerprint density at radius 3 is 2.71 bits per heavy atom. The van der Waals surface area contributed by atoms with Gasteiger partial charge in [-0.15, -0.1) is 22.9 Å². The van der Waals surface area contributed by atoms with Crippen LogP contribution in [0.4, 0.5) is 0 Å². The van der Waals surface area contributed by atoms with Gasteiger partial charge in [0.25, 0.3) is 0 Å². The number of hydrogen-bond acceptors (Lipinski definition) is 2. The van der Waals surface area contributed by atoms with Crippen LogP contribution in [0.3, 0.4) is 0 Å². The number of benzene rings is 1. The van der Waals surface area contributed by atoms with Gasteiger partial charge in [0.15, 0.2) is 0 Å². The first-order valence-corrected chi connectivity index (χ1v) is 8.53. The zero-order valence-corrected chi connectivity index (χ0v) is 14.1. The maximum absolute atomic E-state index is 6.38. The third-order valence-electron chi connectivity index (χ3n) is 3.81. The third kappa shape index (κ3) is 2.72. The molecule has 0 radical (unpaired) electrons. The molecule has 0 amide bonds. The molecule has 2 nitrogen and oxygen atoms in total. The van der Waals surface area contributed by atoms with E-state index in [0.717, 1.165) is 17.8 Å². The summed E-state index contributed by atoms with van der Waals surface area (Å²) in [5.41, 5.74) is 3.50. The van der Waals surface area contributed by atoms with Crippen LogP contribution in [0.5, 0.6) is 0 Å². The average Bonchev–Trinajstić information content (AvgIpc) is 3.05. The van der Waals surface area contributed by atoms with E-state index >= 15 is 0 Å². The molecular weight excluding hydrogens is 300 g/mol. The monoisotopic (exact) mass is 318 g/mol. The topological polar surface area (TPSA) is 17.8 Å². The summed E-state index contributed by atoms with van der Waals surface area (Å²) in [6.45, 7) is 6.38. The van der Waals surface area contributed by atoms with Crippen molar-refractivity contribution in [2.45, 2.75) is 38.6 Å². The van der Waals surface area contributed by atoms with Crippen molar-refractivity contribution in [2.24, 2.45) is 0 Å². The van der Waals surface area contributed by atoms with Crippen LogP contribution in [0.2, 0.25) is 0 Å². The maximum Gasteiger partial charge on any atom is 0.127 e. The summed E-state index contributed by atoms with van der Waals surface area (Å²) < 4.78 is 2.32. The number of halogens is 1. The minimum atomic E-state index is -0.0948. The van der Waals surface area contributed by atoms with Gasteiger partial charge in [-0.2, -0.15) is 0 Å². The molecule has 2 unspecified atom stereocenters. The van der Waals surface area contributed by atoms with E-state index < -0.39 is 0 Å². The van der Waals surface area contributed by atoms with Crippen molar-refractivity contribution >= 4 is 34.0 Å². The number of alkyl halides is 1. The number of aryl methyl sites for hydroxylation is 1. The van der Waals surface area contributed by atoms with E-state index in [1.165, 1.54) is 16.0 Å². The summed E-state index contributed by atoms with van der Waals surface area (Å²) in [6, 6.07) is 10.9. The van der Waals surface area contributed by atoms with Crippen LogP contribution in [0.1, 0.15) is 41.5 Å². The molecule has 0 bridgehead atoms. The lowest BCUT2D eigenvalue weighted by Crippen LogP contribution is -2.12. The molecule has 4 heteroatoms. The van der Waals surface area contributed by atoms with Gasteiger partial charge in [0.2, 0.25) is 0 Å².